The molecule has 3 rings (SSSR count). The Labute approximate surface area is 157 Å². The highest BCUT2D eigenvalue weighted by Gasteiger charge is 2.47. The number of hydrogen-bond acceptors (Lipinski definition) is 7. The van der Waals surface area contributed by atoms with Gasteiger partial charge in [0.1, 0.15) is 11.9 Å². The number of ether oxygens (including phenoxy) is 2. The van der Waals surface area contributed by atoms with E-state index in [1.165, 1.54) is 7.11 Å². The first-order valence-electron chi connectivity index (χ1n) is 8.92. The highest BCUT2D eigenvalue weighted by atomic mass is 16.6. The molecule has 0 radical (unpaired) electrons. The molecule has 0 atom stereocenters. The summed E-state index contributed by atoms with van der Waals surface area (Å²) in [4.78, 5) is 41.9. The summed E-state index contributed by atoms with van der Waals surface area (Å²) in [7, 11) is 5.28. The van der Waals surface area contributed by atoms with E-state index >= 15 is 0 Å². The van der Waals surface area contributed by atoms with Crippen LogP contribution < -0.4 is 10.2 Å². The number of likely N-dealkylation sites (N-methyl/N-ethyl adjacent to an activating group) is 1. The van der Waals surface area contributed by atoms with E-state index in [4.69, 9.17) is 13.9 Å². The van der Waals surface area contributed by atoms with Crippen molar-refractivity contribution in [1.82, 2.24) is 14.7 Å². The van der Waals surface area contributed by atoms with Gasteiger partial charge in [-0.3, -0.25) is 9.59 Å². The SMILES string of the molecule is COc1coc(C(=O)N2CCC3(CC2)CN(CCN(C)C)C(=O)O3)cc1=O. The van der Waals surface area contributed by atoms with Gasteiger partial charge in [-0.15, -0.1) is 0 Å². The number of piperidine rings is 1. The third-order valence-electron chi connectivity index (χ3n) is 5.05. The molecule has 1 aromatic rings. The molecule has 2 aliphatic heterocycles. The van der Waals surface area contributed by atoms with Gasteiger partial charge in [0.05, 0.1) is 13.7 Å². The smallest absolute Gasteiger partial charge is 0.410 e. The zero-order valence-corrected chi connectivity index (χ0v) is 15.9. The van der Waals surface area contributed by atoms with Crippen molar-refractivity contribution in [2.45, 2.75) is 18.4 Å². The molecule has 2 aliphatic rings. The van der Waals surface area contributed by atoms with Crippen molar-refractivity contribution in [2.24, 2.45) is 0 Å². The number of hydrogen-bond donors (Lipinski definition) is 0. The fourth-order valence-electron chi connectivity index (χ4n) is 3.38. The number of nitrogens with zero attached hydrogens (tertiary/aromatic N) is 3. The Kier molecular flexibility index (Phi) is 5.41. The van der Waals surface area contributed by atoms with Gasteiger partial charge in [0.25, 0.3) is 5.91 Å². The van der Waals surface area contributed by atoms with Crippen LogP contribution >= 0.6 is 0 Å². The largest absolute Gasteiger partial charge is 0.490 e. The quantitative estimate of drug-likeness (QED) is 0.741. The number of carbonyl (C=O) groups excluding carboxylic acids is 2. The summed E-state index contributed by atoms with van der Waals surface area (Å²) in [6, 6.07) is 1.14. The minimum Gasteiger partial charge on any atom is -0.490 e. The van der Waals surface area contributed by atoms with Crippen molar-refractivity contribution in [3.05, 3.63) is 28.3 Å². The van der Waals surface area contributed by atoms with Gasteiger partial charge in [0, 0.05) is 45.1 Å². The second-order valence-electron chi connectivity index (χ2n) is 7.24. The maximum absolute atomic E-state index is 12.6. The fraction of sp³-hybridized carbons (Fsp3) is 0.611. The van der Waals surface area contributed by atoms with Crippen molar-refractivity contribution in [1.29, 1.82) is 0 Å². The number of carbonyl (C=O) groups is 2. The number of methoxy groups -OCH3 is 1. The molecule has 2 amide bonds. The molecule has 1 aromatic heterocycles. The topological polar surface area (TPSA) is 92.5 Å². The number of rotatable bonds is 5. The minimum absolute atomic E-state index is 0.0206. The Hall–Kier alpha value is -2.55. The van der Waals surface area contributed by atoms with Crippen LogP contribution in [0.15, 0.2) is 21.5 Å². The average molecular weight is 379 g/mol. The molecule has 148 valence electrons. The Balaban J connectivity index is 1.60. The van der Waals surface area contributed by atoms with Crippen LogP contribution in [0.4, 0.5) is 4.79 Å². The van der Waals surface area contributed by atoms with E-state index in [1.807, 2.05) is 19.0 Å². The van der Waals surface area contributed by atoms with E-state index in [-0.39, 0.29) is 23.5 Å². The molecule has 2 fully saturated rings. The monoisotopic (exact) mass is 379 g/mol. The fourth-order valence-corrected chi connectivity index (χ4v) is 3.38. The molecular formula is C18H25N3O6. The summed E-state index contributed by atoms with van der Waals surface area (Å²) in [6.07, 6.45) is 1.97. The summed E-state index contributed by atoms with van der Waals surface area (Å²) in [5, 5.41) is 0. The molecule has 9 nitrogen and oxygen atoms in total. The van der Waals surface area contributed by atoms with E-state index < -0.39 is 11.0 Å². The van der Waals surface area contributed by atoms with E-state index in [0.29, 0.717) is 39.0 Å². The van der Waals surface area contributed by atoms with Gasteiger partial charge in [-0.05, 0) is 14.1 Å². The molecule has 27 heavy (non-hydrogen) atoms. The molecule has 0 bridgehead atoms. The van der Waals surface area contributed by atoms with E-state index in [2.05, 4.69) is 0 Å². The van der Waals surface area contributed by atoms with Crippen LogP contribution in [0.25, 0.3) is 0 Å². The lowest BCUT2D eigenvalue weighted by atomic mass is 9.91. The molecule has 9 heteroatoms. The number of amides is 2. The normalized spacial score (nSPS) is 18.9. The van der Waals surface area contributed by atoms with E-state index in [0.717, 1.165) is 18.9 Å². The van der Waals surface area contributed by atoms with Crippen LogP contribution in [0.2, 0.25) is 0 Å². The molecule has 0 N–H and O–H groups in total. The molecule has 3 heterocycles. The van der Waals surface area contributed by atoms with Crippen LogP contribution in [0, 0.1) is 0 Å². The number of likely N-dealkylation sites (tertiary alicyclic amines) is 1. The molecule has 0 saturated carbocycles. The Morgan fingerprint density at radius 1 is 1.30 bits per heavy atom. The first-order valence-corrected chi connectivity index (χ1v) is 8.92. The molecule has 0 aromatic carbocycles. The first kappa shape index (κ1) is 19.2. The third-order valence-corrected chi connectivity index (χ3v) is 5.05. The molecule has 0 unspecified atom stereocenters. The van der Waals surface area contributed by atoms with Gasteiger partial charge in [-0.25, -0.2) is 4.79 Å². The molecule has 0 aliphatic carbocycles. The van der Waals surface area contributed by atoms with Crippen LogP contribution in [0.5, 0.6) is 5.75 Å². The van der Waals surface area contributed by atoms with Crippen molar-refractivity contribution < 1.29 is 23.5 Å². The van der Waals surface area contributed by atoms with Gasteiger partial charge >= 0.3 is 6.09 Å². The van der Waals surface area contributed by atoms with Crippen molar-refractivity contribution >= 4 is 12.0 Å². The lowest BCUT2D eigenvalue weighted by Crippen LogP contribution is -2.49. The van der Waals surface area contributed by atoms with Gasteiger partial charge in [-0.1, -0.05) is 0 Å². The van der Waals surface area contributed by atoms with Gasteiger partial charge in [0.15, 0.2) is 5.76 Å². The highest BCUT2D eigenvalue weighted by Crippen LogP contribution is 2.33. The lowest BCUT2D eigenvalue weighted by Gasteiger charge is -2.37. The Morgan fingerprint density at radius 2 is 2.00 bits per heavy atom. The maximum Gasteiger partial charge on any atom is 0.410 e. The Bertz CT molecular complexity index is 767. The van der Waals surface area contributed by atoms with Gasteiger partial charge in [-0.2, -0.15) is 0 Å². The third kappa shape index (κ3) is 4.08. The zero-order valence-electron chi connectivity index (χ0n) is 15.9. The average Bonchev–Trinajstić information content (AvgIpc) is 2.95. The summed E-state index contributed by atoms with van der Waals surface area (Å²) >= 11 is 0. The van der Waals surface area contributed by atoms with Crippen molar-refractivity contribution in [2.75, 3.05) is 53.9 Å². The van der Waals surface area contributed by atoms with Gasteiger partial charge < -0.3 is 28.6 Å². The van der Waals surface area contributed by atoms with Crippen LogP contribution in [0.1, 0.15) is 23.4 Å². The zero-order chi connectivity index (χ0) is 19.6. The second-order valence-corrected chi connectivity index (χ2v) is 7.24. The van der Waals surface area contributed by atoms with Crippen molar-refractivity contribution in [3.8, 4) is 5.75 Å². The van der Waals surface area contributed by atoms with E-state index in [9.17, 15) is 14.4 Å². The van der Waals surface area contributed by atoms with Crippen molar-refractivity contribution in [3.63, 3.8) is 0 Å². The standard InChI is InChI=1S/C18H25N3O6/c1-19(2)8-9-21-12-18(27-17(21)24)4-6-20(7-5-18)16(23)14-10-13(22)15(25-3)11-26-14/h10-11H,4-9,12H2,1-3H3. The molecule has 2 saturated heterocycles. The maximum atomic E-state index is 12.6. The summed E-state index contributed by atoms with van der Waals surface area (Å²) in [5.74, 6) is -0.314. The van der Waals surface area contributed by atoms with Crippen LogP contribution in [-0.4, -0.2) is 86.2 Å². The minimum atomic E-state index is -0.541. The summed E-state index contributed by atoms with van der Waals surface area (Å²) in [5.41, 5.74) is -0.942. The van der Waals surface area contributed by atoms with Crippen LogP contribution in [0.3, 0.4) is 0 Å². The highest BCUT2D eigenvalue weighted by molar-refractivity contribution is 5.91. The summed E-state index contributed by atoms with van der Waals surface area (Å²) in [6.45, 7) is 2.80. The lowest BCUT2D eigenvalue weighted by molar-refractivity contribution is 0.00218. The van der Waals surface area contributed by atoms with Crippen LogP contribution in [-0.2, 0) is 4.74 Å². The second kappa shape index (κ2) is 7.59. The van der Waals surface area contributed by atoms with E-state index in [1.54, 1.807) is 9.80 Å². The molecule has 1 spiro atoms. The first-order chi connectivity index (χ1) is 12.8. The summed E-state index contributed by atoms with van der Waals surface area (Å²) < 4.78 is 15.8. The predicted molar refractivity (Wildman–Crippen MR) is 96.0 cm³/mol. The Morgan fingerprint density at radius 3 is 2.59 bits per heavy atom. The van der Waals surface area contributed by atoms with Gasteiger partial charge in [0.2, 0.25) is 11.2 Å². The predicted octanol–water partition coefficient (Wildman–Crippen LogP) is 0.637. The molecular weight excluding hydrogens is 354 g/mol.